The van der Waals surface area contributed by atoms with Gasteiger partial charge in [-0.25, -0.2) is 0 Å². The third kappa shape index (κ3) is 4.13. The number of hydrogen-bond acceptors (Lipinski definition) is 0. The smallest absolute Gasteiger partial charge is 0.0368 e. The zero-order chi connectivity index (χ0) is 9.72. The lowest BCUT2D eigenvalue weighted by Gasteiger charge is -2.27. The molecule has 12 heavy (non-hydrogen) atoms. The van der Waals surface area contributed by atoms with E-state index >= 15 is 0 Å². The predicted octanol–water partition coefficient (Wildman–Crippen LogP) is 4.35. The average molecular weight is 170 g/mol. The Bertz CT molecular complexity index is 103. The molecule has 0 aromatic heterocycles. The fraction of sp³-hybridized carbons (Fsp3) is 1.00. The van der Waals surface area contributed by atoms with Gasteiger partial charge in [0.15, 0.2) is 0 Å². The van der Waals surface area contributed by atoms with Crippen molar-refractivity contribution >= 4 is 0 Å². The monoisotopic (exact) mass is 170 g/mol. The van der Waals surface area contributed by atoms with Gasteiger partial charge in [0.25, 0.3) is 0 Å². The Balaban J connectivity index is 3.94. The Morgan fingerprint density at radius 1 is 0.917 bits per heavy atom. The maximum absolute atomic E-state index is 2.41. The Morgan fingerprint density at radius 2 is 1.42 bits per heavy atom. The summed E-state index contributed by atoms with van der Waals surface area (Å²) >= 11 is 0. The lowest BCUT2D eigenvalue weighted by molar-refractivity contribution is 0.230. The predicted molar refractivity (Wildman–Crippen MR) is 57.2 cm³/mol. The molecule has 0 aromatic carbocycles. The molecule has 0 aliphatic rings. The normalized spacial score (nSPS) is 17.0. The van der Waals surface area contributed by atoms with Gasteiger partial charge in [-0.1, -0.05) is 48.0 Å². The summed E-state index contributed by atoms with van der Waals surface area (Å²) < 4.78 is 0. The van der Waals surface area contributed by atoms with Crippen LogP contribution < -0.4 is 0 Å². The van der Waals surface area contributed by atoms with Crippen molar-refractivity contribution in [2.75, 3.05) is 0 Å². The molecule has 0 heterocycles. The second-order valence-electron chi connectivity index (χ2n) is 4.92. The van der Waals surface area contributed by atoms with Gasteiger partial charge in [-0.2, -0.15) is 0 Å². The van der Waals surface area contributed by atoms with Gasteiger partial charge in [0.1, 0.15) is 0 Å². The summed E-state index contributed by atoms with van der Waals surface area (Å²) in [6, 6.07) is 0. The van der Waals surface area contributed by atoms with Crippen molar-refractivity contribution in [1.29, 1.82) is 0 Å². The molecular formula is C12H26. The first-order valence-electron chi connectivity index (χ1n) is 5.49. The molecule has 0 aliphatic heterocycles. The van der Waals surface area contributed by atoms with Crippen molar-refractivity contribution in [3.63, 3.8) is 0 Å². The van der Waals surface area contributed by atoms with Crippen molar-refractivity contribution in [1.82, 2.24) is 0 Å². The van der Waals surface area contributed by atoms with Crippen molar-refractivity contribution < 1.29 is 0 Å². The molecule has 2 unspecified atom stereocenters. The molecule has 74 valence electrons. The standard InChI is InChI=1S/C12H26/c1-7-12(10(4)5)11(6)8-9(2)3/h9-12H,7-8H2,1-6H3. The minimum Gasteiger partial charge on any atom is -0.0651 e. The Morgan fingerprint density at radius 3 is 1.67 bits per heavy atom. The number of rotatable bonds is 5. The zero-order valence-corrected chi connectivity index (χ0v) is 9.72. The molecule has 0 aromatic rings. The molecule has 0 heteroatoms. The van der Waals surface area contributed by atoms with Crippen LogP contribution in [0.4, 0.5) is 0 Å². The summed E-state index contributed by atoms with van der Waals surface area (Å²) in [6.07, 6.45) is 2.72. The van der Waals surface area contributed by atoms with E-state index in [4.69, 9.17) is 0 Å². The highest BCUT2D eigenvalue weighted by atomic mass is 14.2. The molecule has 0 radical (unpaired) electrons. The van der Waals surface area contributed by atoms with Gasteiger partial charge in [-0.3, -0.25) is 0 Å². The number of hydrogen-bond donors (Lipinski definition) is 0. The second kappa shape index (κ2) is 5.61. The van der Waals surface area contributed by atoms with Gasteiger partial charge < -0.3 is 0 Å². The second-order valence-corrected chi connectivity index (χ2v) is 4.92. The van der Waals surface area contributed by atoms with Gasteiger partial charge in [0, 0.05) is 0 Å². The minimum atomic E-state index is 0.851. The van der Waals surface area contributed by atoms with Gasteiger partial charge in [0.2, 0.25) is 0 Å². The lowest BCUT2D eigenvalue weighted by Crippen LogP contribution is -2.18. The van der Waals surface area contributed by atoms with Crippen LogP contribution >= 0.6 is 0 Å². The lowest BCUT2D eigenvalue weighted by atomic mass is 9.79. The van der Waals surface area contributed by atoms with Crippen molar-refractivity contribution in [2.24, 2.45) is 23.7 Å². The highest BCUT2D eigenvalue weighted by Crippen LogP contribution is 2.28. The molecule has 0 N–H and O–H groups in total. The van der Waals surface area contributed by atoms with Gasteiger partial charge in [-0.05, 0) is 30.1 Å². The van der Waals surface area contributed by atoms with Gasteiger partial charge >= 0.3 is 0 Å². The van der Waals surface area contributed by atoms with Crippen LogP contribution in [-0.4, -0.2) is 0 Å². The van der Waals surface area contributed by atoms with Gasteiger partial charge in [-0.15, -0.1) is 0 Å². The zero-order valence-electron chi connectivity index (χ0n) is 9.72. The summed E-state index contributed by atoms with van der Waals surface area (Å²) in [5, 5.41) is 0. The molecule has 0 fully saturated rings. The van der Waals surface area contributed by atoms with Crippen LogP contribution in [0.5, 0.6) is 0 Å². The summed E-state index contributed by atoms with van der Waals surface area (Å²) in [5.74, 6) is 3.53. The molecule has 0 nitrogen and oxygen atoms in total. The maximum atomic E-state index is 2.41. The topological polar surface area (TPSA) is 0 Å². The van der Waals surface area contributed by atoms with E-state index in [0.29, 0.717) is 0 Å². The molecule has 2 atom stereocenters. The first-order valence-corrected chi connectivity index (χ1v) is 5.49. The van der Waals surface area contributed by atoms with E-state index in [0.717, 1.165) is 23.7 Å². The van der Waals surface area contributed by atoms with Crippen LogP contribution in [0.1, 0.15) is 54.4 Å². The van der Waals surface area contributed by atoms with Crippen molar-refractivity contribution in [3.8, 4) is 0 Å². The fourth-order valence-corrected chi connectivity index (χ4v) is 2.45. The molecular weight excluding hydrogens is 144 g/mol. The van der Waals surface area contributed by atoms with Crippen LogP contribution in [-0.2, 0) is 0 Å². The van der Waals surface area contributed by atoms with E-state index in [1.54, 1.807) is 0 Å². The van der Waals surface area contributed by atoms with E-state index in [9.17, 15) is 0 Å². The summed E-state index contributed by atoms with van der Waals surface area (Å²) in [7, 11) is 0. The van der Waals surface area contributed by atoms with E-state index in [1.165, 1.54) is 12.8 Å². The van der Waals surface area contributed by atoms with E-state index in [-0.39, 0.29) is 0 Å². The molecule has 0 saturated carbocycles. The molecule has 0 spiro atoms. The quantitative estimate of drug-likeness (QED) is 0.575. The van der Waals surface area contributed by atoms with Crippen LogP contribution in [0, 0.1) is 23.7 Å². The Labute approximate surface area is 78.8 Å². The molecule has 0 bridgehead atoms. The van der Waals surface area contributed by atoms with Crippen molar-refractivity contribution in [2.45, 2.75) is 54.4 Å². The van der Waals surface area contributed by atoms with Crippen LogP contribution in [0.15, 0.2) is 0 Å². The average Bonchev–Trinajstić information content (AvgIpc) is 1.85. The highest BCUT2D eigenvalue weighted by Gasteiger charge is 2.19. The third-order valence-corrected chi connectivity index (χ3v) is 2.90. The largest absolute Gasteiger partial charge is 0.0651 e. The molecule has 0 amide bonds. The Hall–Kier alpha value is 0. The van der Waals surface area contributed by atoms with Crippen molar-refractivity contribution in [3.05, 3.63) is 0 Å². The first kappa shape index (κ1) is 12.0. The molecule has 0 rings (SSSR count). The molecule has 0 saturated heterocycles. The summed E-state index contributed by atoms with van der Waals surface area (Å²) in [4.78, 5) is 0. The van der Waals surface area contributed by atoms with Crippen LogP contribution in [0.25, 0.3) is 0 Å². The highest BCUT2D eigenvalue weighted by molar-refractivity contribution is 4.69. The Kier molecular flexibility index (Phi) is 5.61. The third-order valence-electron chi connectivity index (χ3n) is 2.90. The van der Waals surface area contributed by atoms with Crippen LogP contribution in [0.3, 0.4) is 0 Å². The summed E-state index contributed by atoms with van der Waals surface area (Å²) in [5.41, 5.74) is 0. The minimum absolute atomic E-state index is 0.851. The first-order chi connectivity index (χ1) is 5.49. The van der Waals surface area contributed by atoms with E-state index in [2.05, 4.69) is 41.5 Å². The fourth-order valence-electron chi connectivity index (χ4n) is 2.45. The van der Waals surface area contributed by atoms with E-state index < -0.39 is 0 Å². The SMILES string of the molecule is CCC(C(C)C)C(C)CC(C)C. The molecule has 0 aliphatic carbocycles. The maximum Gasteiger partial charge on any atom is -0.0368 e. The van der Waals surface area contributed by atoms with E-state index in [1.807, 2.05) is 0 Å². The van der Waals surface area contributed by atoms with Crippen LogP contribution in [0.2, 0.25) is 0 Å². The summed E-state index contributed by atoms with van der Waals surface area (Å²) in [6.45, 7) is 14.1. The van der Waals surface area contributed by atoms with Gasteiger partial charge in [0.05, 0.1) is 0 Å².